The molecule has 2 aromatic rings. The summed E-state index contributed by atoms with van der Waals surface area (Å²) in [4.78, 5) is 28.0. The van der Waals surface area contributed by atoms with E-state index in [0.717, 1.165) is 29.7 Å². The summed E-state index contributed by atoms with van der Waals surface area (Å²) in [5.74, 6) is -0.233. The smallest absolute Gasteiger partial charge is 0.306 e. The van der Waals surface area contributed by atoms with Gasteiger partial charge in [-0.1, -0.05) is 0 Å². The van der Waals surface area contributed by atoms with E-state index in [1.807, 2.05) is 13.8 Å². The van der Waals surface area contributed by atoms with Crippen molar-refractivity contribution in [2.45, 2.75) is 45.6 Å². The van der Waals surface area contributed by atoms with Gasteiger partial charge in [0.1, 0.15) is 11.4 Å². The molecule has 1 fully saturated rings. The zero-order chi connectivity index (χ0) is 24.0. The van der Waals surface area contributed by atoms with Crippen molar-refractivity contribution in [1.29, 1.82) is 5.26 Å². The van der Waals surface area contributed by atoms with Crippen molar-refractivity contribution in [3.63, 3.8) is 0 Å². The number of hydrogen-bond acceptors (Lipinski definition) is 6. The van der Waals surface area contributed by atoms with Gasteiger partial charge in [-0.3, -0.25) is 9.59 Å². The molecule has 1 aliphatic carbocycles. The summed E-state index contributed by atoms with van der Waals surface area (Å²) in [5.41, 5.74) is 3.41. The molecule has 0 radical (unpaired) electrons. The van der Waals surface area contributed by atoms with Gasteiger partial charge in [0.25, 0.3) is 5.91 Å². The molecule has 0 spiro atoms. The fourth-order valence-corrected chi connectivity index (χ4v) is 4.23. The zero-order valence-corrected chi connectivity index (χ0v) is 19.2. The molecule has 8 heteroatoms. The van der Waals surface area contributed by atoms with Crippen LogP contribution >= 0.6 is 0 Å². The van der Waals surface area contributed by atoms with Crippen molar-refractivity contribution in [2.24, 2.45) is 11.8 Å². The molecule has 1 saturated carbocycles. The first-order valence-electron chi connectivity index (χ1n) is 11.1. The predicted molar refractivity (Wildman–Crippen MR) is 124 cm³/mol. The molecule has 3 rings (SSSR count). The van der Waals surface area contributed by atoms with Crippen LogP contribution < -0.4 is 15.4 Å². The Hall–Kier alpha value is -3.60. The van der Waals surface area contributed by atoms with E-state index >= 15 is 0 Å². The molecule has 1 aromatic carbocycles. The van der Waals surface area contributed by atoms with E-state index in [1.165, 1.54) is 0 Å². The van der Waals surface area contributed by atoms with E-state index in [2.05, 4.69) is 21.7 Å². The molecule has 0 aliphatic heterocycles. The van der Waals surface area contributed by atoms with Crippen LogP contribution in [0.5, 0.6) is 5.75 Å². The number of carbonyl (C=O) groups is 2. The highest BCUT2D eigenvalue weighted by Gasteiger charge is 2.26. The predicted octanol–water partition coefficient (Wildman–Crippen LogP) is 4.06. The summed E-state index contributed by atoms with van der Waals surface area (Å²) >= 11 is 0. The number of nitriles is 1. The SMILES string of the molecule is COc1ccc(C#N)cc1C(C)Nc1cnc(C(=O)NC[C@H]2CC[C@H](C(=O)O)CC2)cc1C. The average Bonchev–Trinajstić information content (AvgIpc) is 2.83. The van der Waals surface area contributed by atoms with E-state index in [0.29, 0.717) is 42.3 Å². The summed E-state index contributed by atoms with van der Waals surface area (Å²) in [6, 6.07) is 9.03. The lowest BCUT2D eigenvalue weighted by Crippen LogP contribution is -2.32. The Bertz CT molecular complexity index is 1050. The Kier molecular flexibility index (Phi) is 7.88. The van der Waals surface area contributed by atoms with Gasteiger partial charge in [0.15, 0.2) is 0 Å². The maximum atomic E-state index is 12.6. The summed E-state index contributed by atoms with van der Waals surface area (Å²) in [7, 11) is 1.59. The fourth-order valence-electron chi connectivity index (χ4n) is 4.23. The van der Waals surface area contributed by atoms with Gasteiger partial charge in [0.05, 0.1) is 42.6 Å². The number of nitrogens with zero attached hydrogens (tertiary/aromatic N) is 2. The Morgan fingerprint density at radius 2 is 2.00 bits per heavy atom. The minimum Gasteiger partial charge on any atom is -0.496 e. The number of carboxylic acid groups (broad SMARTS) is 1. The lowest BCUT2D eigenvalue weighted by molar-refractivity contribution is -0.143. The molecular weight excluding hydrogens is 420 g/mol. The summed E-state index contributed by atoms with van der Waals surface area (Å²) in [5, 5.41) is 24.6. The van der Waals surface area contributed by atoms with Gasteiger partial charge in [-0.15, -0.1) is 0 Å². The van der Waals surface area contributed by atoms with E-state index in [9.17, 15) is 14.9 Å². The summed E-state index contributed by atoms with van der Waals surface area (Å²) in [6.45, 7) is 4.40. The largest absolute Gasteiger partial charge is 0.496 e. The van der Waals surface area contributed by atoms with Gasteiger partial charge >= 0.3 is 5.97 Å². The third-order valence-electron chi connectivity index (χ3n) is 6.29. The van der Waals surface area contributed by atoms with Gasteiger partial charge in [0, 0.05) is 12.1 Å². The number of aliphatic carboxylic acids is 1. The molecular formula is C25H30N4O4. The third-order valence-corrected chi connectivity index (χ3v) is 6.29. The molecule has 1 amide bonds. The zero-order valence-electron chi connectivity index (χ0n) is 19.2. The van der Waals surface area contributed by atoms with Crippen molar-refractivity contribution < 1.29 is 19.4 Å². The lowest BCUT2D eigenvalue weighted by Gasteiger charge is -2.26. The number of rotatable bonds is 8. The molecule has 1 heterocycles. The van der Waals surface area contributed by atoms with Crippen molar-refractivity contribution in [1.82, 2.24) is 10.3 Å². The fraction of sp³-hybridized carbons (Fsp3) is 0.440. The van der Waals surface area contributed by atoms with Crippen LogP contribution in [0.3, 0.4) is 0 Å². The molecule has 1 aromatic heterocycles. The monoisotopic (exact) mass is 450 g/mol. The summed E-state index contributed by atoms with van der Waals surface area (Å²) in [6.07, 6.45) is 4.57. The van der Waals surface area contributed by atoms with Crippen LogP contribution in [0.2, 0.25) is 0 Å². The number of amides is 1. The number of aryl methyl sites for hydroxylation is 1. The van der Waals surface area contributed by atoms with Crippen LogP contribution in [0.25, 0.3) is 0 Å². The number of hydrogen-bond donors (Lipinski definition) is 3. The topological polar surface area (TPSA) is 124 Å². The van der Waals surface area contributed by atoms with E-state index in [1.54, 1.807) is 37.6 Å². The van der Waals surface area contributed by atoms with Crippen LogP contribution in [0.4, 0.5) is 5.69 Å². The Morgan fingerprint density at radius 3 is 2.61 bits per heavy atom. The molecule has 1 unspecified atom stereocenters. The number of aromatic nitrogens is 1. The molecule has 33 heavy (non-hydrogen) atoms. The number of pyridine rings is 1. The van der Waals surface area contributed by atoms with Gasteiger partial charge < -0.3 is 20.5 Å². The second-order valence-corrected chi connectivity index (χ2v) is 8.58. The highest BCUT2D eigenvalue weighted by Crippen LogP contribution is 2.30. The van der Waals surface area contributed by atoms with E-state index in [4.69, 9.17) is 9.84 Å². The van der Waals surface area contributed by atoms with Crippen LogP contribution in [-0.2, 0) is 4.79 Å². The van der Waals surface area contributed by atoms with Gasteiger partial charge in [-0.05, 0) is 75.3 Å². The molecule has 8 nitrogen and oxygen atoms in total. The molecule has 174 valence electrons. The number of carboxylic acids is 1. The lowest BCUT2D eigenvalue weighted by atomic mass is 9.82. The molecule has 3 N–H and O–H groups in total. The van der Waals surface area contributed by atoms with E-state index < -0.39 is 5.97 Å². The number of ether oxygens (including phenoxy) is 1. The maximum Gasteiger partial charge on any atom is 0.306 e. The molecule has 0 bridgehead atoms. The normalized spacial score (nSPS) is 18.6. The minimum absolute atomic E-state index is 0.144. The van der Waals surface area contributed by atoms with Crippen LogP contribution in [0.15, 0.2) is 30.5 Å². The highest BCUT2D eigenvalue weighted by atomic mass is 16.5. The number of carbonyl (C=O) groups excluding carboxylic acids is 1. The molecule has 0 saturated heterocycles. The van der Waals surface area contributed by atoms with E-state index in [-0.39, 0.29) is 17.9 Å². The van der Waals surface area contributed by atoms with Gasteiger partial charge in [-0.2, -0.15) is 5.26 Å². The van der Waals surface area contributed by atoms with Crippen molar-refractivity contribution in [3.8, 4) is 11.8 Å². The van der Waals surface area contributed by atoms with Gasteiger partial charge in [-0.25, -0.2) is 4.98 Å². The van der Waals surface area contributed by atoms with Crippen LogP contribution in [0, 0.1) is 30.1 Å². The highest BCUT2D eigenvalue weighted by molar-refractivity contribution is 5.92. The number of nitrogens with one attached hydrogen (secondary N) is 2. The molecule has 1 aliphatic rings. The number of anilines is 1. The Labute approximate surface area is 194 Å². The number of methoxy groups -OCH3 is 1. The standard InChI is InChI=1S/C25H30N4O4/c1-15-10-21(24(30)28-13-17-4-7-19(8-5-17)25(31)32)27-14-22(15)29-16(2)20-11-18(12-26)6-9-23(20)33-3/h6,9-11,14,16-17,19,29H,4-5,7-8,13H2,1-3H3,(H,28,30)(H,31,32)/t16?,17-,19-. The Morgan fingerprint density at radius 1 is 1.27 bits per heavy atom. The quantitative estimate of drug-likeness (QED) is 0.554. The minimum atomic E-state index is -0.726. The first kappa shape index (κ1) is 24.1. The number of benzene rings is 1. The first-order chi connectivity index (χ1) is 15.8. The van der Waals surface area contributed by atoms with Crippen molar-refractivity contribution in [3.05, 3.63) is 52.8 Å². The summed E-state index contributed by atoms with van der Waals surface area (Å²) < 4.78 is 5.43. The van der Waals surface area contributed by atoms with Gasteiger partial charge in [0.2, 0.25) is 0 Å². The Balaban J connectivity index is 1.60. The average molecular weight is 451 g/mol. The third kappa shape index (κ3) is 6.01. The first-order valence-corrected chi connectivity index (χ1v) is 11.1. The van der Waals surface area contributed by atoms with Crippen molar-refractivity contribution >= 4 is 17.6 Å². The van der Waals surface area contributed by atoms with Crippen molar-refractivity contribution in [2.75, 3.05) is 19.0 Å². The maximum absolute atomic E-state index is 12.6. The molecule has 1 atom stereocenters. The van der Waals surface area contributed by atoms with Crippen LogP contribution in [-0.4, -0.2) is 35.6 Å². The van der Waals surface area contributed by atoms with Crippen LogP contribution in [0.1, 0.15) is 65.8 Å². The second-order valence-electron chi connectivity index (χ2n) is 8.58. The second kappa shape index (κ2) is 10.8.